The second-order valence-electron chi connectivity index (χ2n) is 4.90. The summed E-state index contributed by atoms with van der Waals surface area (Å²) in [5.74, 6) is 0.491. The van der Waals surface area contributed by atoms with Crippen LogP contribution in [0.1, 0.15) is 26.7 Å². The SMILES string of the molecule is CC(C)(CCCOc1ccc(F)cc1Br)C(N)=NO. The van der Waals surface area contributed by atoms with Gasteiger partial charge < -0.3 is 15.7 Å². The highest BCUT2D eigenvalue weighted by atomic mass is 79.9. The number of nitrogens with two attached hydrogens (primary N) is 1. The average Bonchev–Trinajstić information content (AvgIpc) is 2.35. The fourth-order valence-electron chi connectivity index (χ4n) is 1.55. The first-order valence-corrected chi connectivity index (χ1v) is 6.72. The zero-order valence-electron chi connectivity index (χ0n) is 11.0. The molecule has 3 N–H and O–H groups in total. The summed E-state index contributed by atoms with van der Waals surface area (Å²) in [4.78, 5) is 0. The van der Waals surface area contributed by atoms with E-state index in [2.05, 4.69) is 21.1 Å². The molecule has 0 fully saturated rings. The third-order valence-corrected chi connectivity index (χ3v) is 3.52. The summed E-state index contributed by atoms with van der Waals surface area (Å²) in [5.41, 5.74) is 5.22. The maximum atomic E-state index is 12.9. The second-order valence-corrected chi connectivity index (χ2v) is 5.75. The number of amidine groups is 1. The molecule has 0 aliphatic heterocycles. The molecule has 1 aromatic carbocycles. The third-order valence-electron chi connectivity index (χ3n) is 2.90. The molecule has 0 saturated heterocycles. The fraction of sp³-hybridized carbons (Fsp3) is 0.462. The Labute approximate surface area is 120 Å². The van der Waals surface area contributed by atoms with Crippen molar-refractivity contribution in [3.8, 4) is 5.75 Å². The number of hydrogen-bond donors (Lipinski definition) is 2. The Bertz CT molecular complexity index is 464. The van der Waals surface area contributed by atoms with E-state index in [4.69, 9.17) is 15.7 Å². The Morgan fingerprint density at radius 1 is 1.53 bits per heavy atom. The molecule has 0 aliphatic rings. The van der Waals surface area contributed by atoms with E-state index < -0.39 is 0 Å². The van der Waals surface area contributed by atoms with Crippen LogP contribution < -0.4 is 10.5 Å². The first kappa shape index (κ1) is 15.8. The largest absolute Gasteiger partial charge is 0.492 e. The van der Waals surface area contributed by atoms with Gasteiger partial charge in [-0.15, -0.1) is 0 Å². The molecule has 0 amide bonds. The van der Waals surface area contributed by atoms with Gasteiger partial charge in [0.25, 0.3) is 0 Å². The van der Waals surface area contributed by atoms with Crippen LogP contribution in [0.5, 0.6) is 5.75 Å². The lowest BCUT2D eigenvalue weighted by atomic mass is 9.87. The van der Waals surface area contributed by atoms with Gasteiger partial charge in [-0.1, -0.05) is 19.0 Å². The summed E-state index contributed by atoms with van der Waals surface area (Å²) in [6, 6.07) is 4.28. The summed E-state index contributed by atoms with van der Waals surface area (Å²) < 4.78 is 19.0. The Hall–Kier alpha value is -1.30. The molecule has 19 heavy (non-hydrogen) atoms. The molecular weight excluding hydrogens is 315 g/mol. The van der Waals surface area contributed by atoms with E-state index in [0.717, 1.165) is 12.8 Å². The summed E-state index contributed by atoms with van der Waals surface area (Å²) in [6.45, 7) is 4.28. The van der Waals surface area contributed by atoms with Crippen molar-refractivity contribution < 1.29 is 14.3 Å². The lowest BCUT2D eigenvalue weighted by Crippen LogP contribution is -2.32. The zero-order chi connectivity index (χ0) is 14.5. The lowest BCUT2D eigenvalue weighted by molar-refractivity contribution is 0.276. The highest BCUT2D eigenvalue weighted by molar-refractivity contribution is 9.10. The predicted molar refractivity (Wildman–Crippen MR) is 76.0 cm³/mol. The molecular formula is C13H18BrFN2O2. The van der Waals surface area contributed by atoms with Gasteiger partial charge in [0.05, 0.1) is 11.1 Å². The normalized spacial score (nSPS) is 12.5. The van der Waals surface area contributed by atoms with Crippen LogP contribution in [0.4, 0.5) is 4.39 Å². The van der Waals surface area contributed by atoms with Crippen molar-refractivity contribution in [3.05, 3.63) is 28.5 Å². The van der Waals surface area contributed by atoms with Crippen LogP contribution in [0, 0.1) is 11.2 Å². The van der Waals surface area contributed by atoms with Crippen molar-refractivity contribution in [2.24, 2.45) is 16.3 Å². The average molecular weight is 333 g/mol. The van der Waals surface area contributed by atoms with Crippen LogP contribution in [-0.2, 0) is 0 Å². The molecule has 0 heterocycles. The van der Waals surface area contributed by atoms with E-state index in [9.17, 15) is 4.39 Å². The van der Waals surface area contributed by atoms with Crippen LogP contribution in [0.3, 0.4) is 0 Å². The minimum Gasteiger partial charge on any atom is -0.492 e. The lowest BCUT2D eigenvalue weighted by Gasteiger charge is -2.22. The minimum absolute atomic E-state index is 0.204. The van der Waals surface area contributed by atoms with Gasteiger partial charge in [0, 0.05) is 5.41 Å². The molecule has 0 atom stereocenters. The van der Waals surface area contributed by atoms with Gasteiger partial charge in [-0.2, -0.15) is 0 Å². The molecule has 1 aromatic rings. The zero-order valence-corrected chi connectivity index (χ0v) is 12.6. The van der Waals surface area contributed by atoms with Gasteiger partial charge in [-0.3, -0.25) is 0 Å². The van der Waals surface area contributed by atoms with Crippen molar-refractivity contribution in [2.75, 3.05) is 6.61 Å². The Balaban J connectivity index is 2.43. The number of rotatable bonds is 6. The first-order chi connectivity index (χ1) is 8.86. The summed E-state index contributed by atoms with van der Waals surface area (Å²) >= 11 is 3.24. The molecule has 0 aromatic heterocycles. The van der Waals surface area contributed by atoms with Crippen LogP contribution in [0.2, 0.25) is 0 Å². The topological polar surface area (TPSA) is 67.8 Å². The highest BCUT2D eigenvalue weighted by Gasteiger charge is 2.22. The van der Waals surface area contributed by atoms with Crippen molar-refractivity contribution >= 4 is 21.8 Å². The third kappa shape index (κ3) is 4.70. The monoisotopic (exact) mass is 332 g/mol. The van der Waals surface area contributed by atoms with E-state index in [1.807, 2.05) is 13.8 Å². The molecule has 1 rings (SSSR count). The van der Waals surface area contributed by atoms with Gasteiger partial charge >= 0.3 is 0 Å². The van der Waals surface area contributed by atoms with Crippen molar-refractivity contribution in [1.82, 2.24) is 0 Å². The van der Waals surface area contributed by atoms with Crippen molar-refractivity contribution in [2.45, 2.75) is 26.7 Å². The maximum absolute atomic E-state index is 12.9. The minimum atomic E-state index is -0.377. The molecule has 0 bridgehead atoms. The van der Waals surface area contributed by atoms with Crippen molar-refractivity contribution in [3.63, 3.8) is 0 Å². The van der Waals surface area contributed by atoms with E-state index in [-0.39, 0.29) is 17.1 Å². The molecule has 106 valence electrons. The van der Waals surface area contributed by atoms with Gasteiger partial charge in [0.1, 0.15) is 17.4 Å². The van der Waals surface area contributed by atoms with Gasteiger partial charge in [-0.25, -0.2) is 4.39 Å². The number of benzene rings is 1. The molecule has 0 aliphatic carbocycles. The van der Waals surface area contributed by atoms with Gasteiger partial charge in [-0.05, 0) is 47.0 Å². The summed E-state index contributed by atoms with van der Waals surface area (Å²) in [7, 11) is 0. The standard InChI is InChI=1S/C13H18BrFN2O2/c1-13(2,12(16)17-18)6-3-7-19-11-5-4-9(15)8-10(11)14/h4-5,8,18H,3,6-7H2,1-2H3,(H2,16,17). The number of oxime groups is 1. The van der Waals surface area contributed by atoms with E-state index in [0.29, 0.717) is 16.8 Å². The van der Waals surface area contributed by atoms with E-state index >= 15 is 0 Å². The van der Waals surface area contributed by atoms with Gasteiger partial charge in [0.15, 0.2) is 0 Å². The van der Waals surface area contributed by atoms with Gasteiger partial charge in [0.2, 0.25) is 0 Å². The molecule has 0 radical (unpaired) electrons. The van der Waals surface area contributed by atoms with Crippen LogP contribution in [0.25, 0.3) is 0 Å². The highest BCUT2D eigenvalue weighted by Crippen LogP contribution is 2.27. The first-order valence-electron chi connectivity index (χ1n) is 5.92. The Kier molecular flexibility index (Phi) is 5.60. The van der Waals surface area contributed by atoms with Crippen molar-refractivity contribution in [1.29, 1.82) is 0 Å². The second kappa shape index (κ2) is 6.75. The van der Waals surface area contributed by atoms with E-state index in [1.165, 1.54) is 12.1 Å². The number of hydrogen-bond acceptors (Lipinski definition) is 3. The maximum Gasteiger partial charge on any atom is 0.144 e. The van der Waals surface area contributed by atoms with Crippen LogP contribution >= 0.6 is 15.9 Å². The predicted octanol–water partition coefficient (Wildman–Crippen LogP) is 3.52. The van der Waals surface area contributed by atoms with Crippen LogP contribution in [0.15, 0.2) is 27.8 Å². The summed E-state index contributed by atoms with van der Waals surface area (Å²) in [5, 5.41) is 11.7. The number of nitrogens with zero attached hydrogens (tertiary/aromatic N) is 1. The van der Waals surface area contributed by atoms with E-state index in [1.54, 1.807) is 6.07 Å². The smallest absolute Gasteiger partial charge is 0.144 e. The molecule has 0 spiro atoms. The fourth-order valence-corrected chi connectivity index (χ4v) is 2.02. The molecule has 0 unspecified atom stereocenters. The quantitative estimate of drug-likeness (QED) is 0.275. The number of ether oxygens (including phenoxy) is 1. The molecule has 0 saturated carbocycles. The molecule has 4 nitrogen and oxygen atoms in total. The number of halogens is 2. The molecule has 6 heteroatoms. The Morgan fingerprint density at radius 2 is 2.21 bits per heavy atom. The summed E-state index contributed by atoms with van der Waals surface area (Å²) in [6.07, 6.45) is 1.47. The van der Waals surface area contributed by atoms with Crippen LogP contribution in [-0.4, -0.2) is 17.6 Å². The Morgan fingerprint density at radius 3 is 2.79 bits per heavy atom.